The van der Waals surface area contributed by atoms with E-state index in [1.54, 1.807) is 48.7 Å². The molecular formula is C25H19F2N3O3. The first-order chi connectivity index (χ1) is 16.1. The second kappa shape index (κ2) is 10.3. The molecule has 0 aliphatic heterocycles. The van der Waals surface area contributed by atoms with Crippen LogP contribution in [0.1, 0.15) is 21.5 Å². The van der Waals surface area contributed by atoms with E-state index in [1.807, 2.05) is 30.3 Å². The van der Waals surface area contributed by atoms with Crippen molar-refractivity contribution < 1.29 is 23.0 Å². The minimum absolute atomic E-state index is 0.0313. The average molecular weight is 447 g/mol. The number of hydrogen-bond donors (Lipinski definition) is 1. The van der Waals surface area contributed by atoms with Crippen LogP contribution in [0.4, 0.5) is 8.78 Å². The van der Waals surface area contributed by atoms with E-state index in [2.05, 4.69) is 20.2 Å². The first-order valence-electron chi connectivity index (χ1n) is 10.0. The maximum absolute atomic E-state index is 12.5. The highest BCUT2D eigenvalue weighted by Gasteiger charge is 2.09. The predicted molar refractivity (Wildman–Crippen MR) is 121 cm³/mol. The second-order valence-electron chi connectivity index (χ2n) is 6.93. The number of rotatable bonds is 8. The number of halogens is 2. The second-order valence-corrected chi connectivity index (χ2v) is 6.93. The van der Waals surface area contributed by atoms with Crippen LogP contribution in [-0.4, -0.2) is 23.7 Å². The van der Waals surface area contributed by atoms with E-state index in [0.717, 1.165) is 16.5 Å². The minimum atomic E-state index is -2.95. The van der Waals surface area contributed by atoms with Crippen LogP contribution in [0.5, 0.6) is 11.5 Å². The third kappa shape index (κ3) is 5.68. The van der Waals surface area contributed by atoms with Crippen LogP contribution in [-0.2, 0) is 6.61 Å². The minimum Gasteiger partial charge on any atom is -0.487 e. The maximum atomic E-state index is 12.5. The molecule has 0 saturated carbocycles. The summed E-state index contributed by atoms with van der Waals surface area (Å²) in [5, 5.41) is 4.82. The summed E-state index contributed by atoms with van der Waals surface area (Å²) in [6.07, 6.45) is 2.96. The number of carbonyl (C=O) groups excluding carboxylic acids is 1. The first-order valence-corrected chi connectivity index (χ1v) is 10.0. The van der Waals surface area contributed by atoms with Gasteiger partial charge in [0.25, 0.3) is 5.91 Å². The normalized spacial score (nSPS) is 11.1. The van der Waals surface area contributed by atoms with Crippen molar-refractivity contribution in [2.24, 2.45) is 5.10 Å². The Labute approximate surface area is 188 Å². The third-order valence-corrected chi connectivity index (χ3v) is 4.71. The molecule has 0 radical (unpaired) electrons. The SMILES string of the molecule is O=C(N/N=C\c1ccccc1OC(F)F)c1ccc(COc2cccc3cccnc23)cc1. The number of nitrogens with zero attached hydrogens (tertiary/aromatic N) is 2. The molecule has 166 valence electrons. The Morgan fingerprint density at radius 2 is 1.73 bits per heavy atom. The molecule has 0 atom stereocenters. The van der Waals surface area contributed by atoms with Gasteiger partial charge in [0.05, 0.1) is 6.21 Å². The largest absolute Gasteiger partial charge is 0.487 e. The quantitative estimate of drug-likeness (QED) is 0.298. The Hall–Kier alpha value is -4.33. The Kier molecular flexibility index (Phi) is 6.84. The number of hydrogen-bond acceptors (Lipinski definition) is 5. The van der Waals surface area contributed by atoms with Gasteiger partial charge in [0, 0.05) is 22.7 Å². The molecular weight excluding hydrogens is 428 g/mol. The van der Waals surface area contributed by atoms with E-state index >= 15 is 0 Å². The van der Waals surface area contributed by atoms with Gasteiger partial charge in [-0.1, -0.05) is 42.5 Å². The fourth-order valence-corrected chi connectivity index (χ4v) is 3.12. The van der Waals surface area contributed by atoms with Gasteiger partial charge in [0.2, 0.25) is 0 Å². The van der Waals surface area contributed by atoms with Gasteiger partial charge in [0.1, 0.15) is 23.6 Å². The van der Waals surface area contributed by atoms with Gasteiger partial charge in [-0.3, -0.25) is 9.78 Å². The topological polar surface area (TPSA) is 72.8 Å². The van der Waals surface area contributed by atoms with E-state index in [1.165, 1.54) is 12.3 Å². The Balaban J connectivity index is 1.35. The van der Waals surface area contributed by atoms with Gasteiger partial charge < -0.3 is 9.47 Å². The van der Waals surface area contributed by atoms with Gasteiger partial charge >= 0.3 is 6.61 Å². The summed E-state index contributed by atoms with van der Waals surface area (Å²) in [7, 11) is 0. The zero-order valence-corrected chi connectivity index (χ0v) is 17.3. The third-order valence-electron chi connectivity index (χ3n) is 4.71. The lowest BCUT2D eigenvalue weighted by Crippen LogP contribution is -2.17. The lowest BCUT2D eigenvalue weighted by molar-refractivity contribution is -0.0499. The molecule has 6 nitrogen and oxygen atoms in total. The summed E-state index contributed by atoms with van der Waals surface area (Å²) in [5.74, 6) is 0.209. The molecule has 1 heterocycles. The van der Waals surface area contributed by atoms with Crippen molar-refractivity contribution in [2.75, 3.05) is 0 Å². The van der Waals surface area contributed by atoms with Crippen molar-refractivity contribution in [2.45, 2.75) is 13.2 Å². The van der Waals surface area contributed by atoms with Crippen molar-refractivity contribution >= 4 is 23.0 Å². The summed E-state index contributed by atoms with van der Waals surface area (Å²) >= 11 is 0. The van der Waals surface area contributed by atoms with Crippen LogP contribution >= 0.6 is 0 Å². The van der Waals surface area contributed by atoms with Crippen LogP contribution < -0.4 is 14.9 Å². The van der Waals surface area contributed by atoms with E-state index in [9.17, 15) is 13.6 Å². The molecule has 4 rings (SSSR count). The molecule has 33 heavy (non-hydrogen) atoms. The van der Waals surface area contributed by atoms with E-state index in [0.29, 0.717) is 23.5 Å². The van der Waals surface area contributed by atoms with E-state index < -0.39 is 12.5 Å². The molecule has 0 spiro atoms. The number of para-hydroxylation sites is 2. The number of amides is 1. The number of ether oxygens (including phenoxy) is 2. The summed E-state index contributed by atoms with van der Waals surface area (Å²) in [4.78, 5) is 16.7. The van der Waals surface area contributed by atoms with Crippen molar-refractivity contribution in [1.82, 2.24) is 10.4 Å². The van der Waals surface area contributed by atoms with Crippen molar-refractivity contribution in [3.05, 3.63) is 102 Å². The zero-order valence-electron chi connectivity index (χ0n) is 17.3. The summed E-state index contributed by atoms with van der Waals surface area (Å²) < 4.78 is 35.3. The number of benzene rings is 3. The number of hydrazone groups is 1. The fraction of sp³-hybridized carbons (Fsp3) is 0.0800. The Morgan fingerprint density at radius 3 is 2.55 bits per heavy atom. The number of carbonyl (C=O) groups is 1. The monoisotopic (exact) mass is 447 g/mol. The van der Waals surface area contributed by atoms with Crippen LogP contribution in [0, 0.1) is 0 Å². The molecule has 0 bridgehead atoms. The molecule has 0 fully saturated rings. The summed E-state index contributed by atoms with van der Waals surface area (Å²) in [6.45, 7) is -2.63. The summed E-state index contributed by atoms with van der Waals surface area (Å²) in [6, 6.07) is 22.6. The maximum Gasteiger partial charge on any atom is 0.387 e. The molecule has 0 aliphatic carbocycles. The molecule has 4 aromatic rings. The standard InChI is InChI=1S/C25H19F2N3O3/c26-25(27)33-21-8-2-1-5-20(21)15-29-30-24(31)19-12-10-17(11-13-19)16-32-22-9-3-6-18-7-4-14-28-23(18)22/h1-15,25H,16H2,(H,30,31)/b29-15-. The van der Waals surface area contributed by atoms with Crippen molar-refractivity contribution in [3.63, 3.8) is 0 Å². The number of alkyl halides is 2. The first kappa shape index (κ1) is 21.9. The van der Waals surface area contributed by atoms with Crippen LogP contribution in [0.15, 0.2) is 90.2 Å². The van der Waals surface area contributed by atoms with Gasteiger partial charge in [-0.15, -0.1) is 0 Å². The molecule has 0 saturated heterocycles. The van der Waals surface area contributed by atoms with Crippen LogP contribution in [0.2, 0.25) is 0 Å². The molecule has 1 aromatic heterocycles. The van der Waals surface area contributed by atoms with Gasteiger partial charge in [-0.25, -0.2) is 5.43 Å². The van der Waals surface area contributed by atoms with E-state index in [4.69, 9.17) is 4.74 Å². The number of fused-ring (bicyclic) bond motifs is 1. The van der Waals surface area contributed by atoms with Crippen LogP contribution in [0.25, 0.3) is 10.9 Å². The number of aromatic nitrogens is 1. The number of pyridine rings is 1. The highest BCUT2D eigenvalue weighted by molar-refractivity contribution is 5.95. The van der Waals surface area contributed by atoms with Crippen molar-refractivity contribution in [1.29, 1.82) is 0 Å². The van der Waals surface area contributed by atoms with Crippen molar-refractivity contribution in [3.8, 4) is 11.5 Å². The molecule has 0 unspecified atom stereocenters. The molecule has 1 amide bonds. The predicted octanol–water partition coefficient (Wildman–Crippen LogP) is 5.18. The smallest absolute Gasteiger partial charge is 0.387 e. The molecule has 0 aliphatic rings. The number of nitrogens with one attached hydrogen (secondary N) is 1. The molecule has 8 heteroatoms. The Morgan fingerprint density at radius 1 is 0.970 bits per heavy atom. The van der Waals surface area contributed by atoms with Gasteiger partial charge in [-0.2, -0.15) is 13.9 Å². The Bertz CT molecular complexity index is 1270. The van der Waals surface area contributed by atoms with E-state index in [-0.39, 0.29) is 5.75 Å². The average Bonchev–Trinajstić information content (AvgIpc) is 2.83. The molecule has 3 aromatic carbocycles. The van der Waals surface area contributed by atoms with Gasteiger partial charge in [-0.05, 0) is 42.0 Å². The zero-order chi connectivity index (χ0) is 23.0. The van der Waals surface area contributed by atoms with Gasteiger partial charge in [0.15, 0.2) is 0 Å². The lowest BCUT2D eigenvalue weighted by Gasteiger charge is -2.09. The highest BCUT2D eigenvalue weighted by atomic mass is 19.3. The summed E-state index contributed by atoms with van der Waals surface area (Å²) in [5.41, 5.74) is 4.74. The van der Waals surface area contributed by atoms with Crippen LogP contribution in [0.3, 0.4) is 0 Å². The fourth-order valence-electron chi connectivity index (χ4n) is 3.12. The highest BCUT2D eigenvalue weighted by Crippen LogP contribution is 2.24. The molecule has 1 N–H and O–H groups in total. The lowest BCUT2D eigenvalue weighted by atomic mass is 10.1.